The Balaban J connectivity index is 1.64. The SMILES string of the molecule is Cc1ccccc1CNc1ncc([N+](=O)[O-])c(NCC2CCC(CN)CC2)n1. The lowest BCUT2D eigenvalue weighted by Gasteiger charge is -2.27. The molecule has 3 rings (SSSR count). The Bertz CT molecular complexity index is 805. The lowest BCUT2D eigenvalue weighted by atomic mass is 9.82. The highest BCUT2D eigenvalue weighted by Crippen LogP contribution is 2.29. The van der Waals surface area contributed by atoms with E-state index in [1.165, 1.54) is 11.8 Å². The normalized spacial score (nSPS) is 19.2. The van der Waals surface area contributed by atoms with E-state index in [1.54, 1.807) is 0 Å². The largest absolute Gasteiger partial charge is 0.364 e. The Morgan fingerprint density at radius 2 is 1.89 bits per heavy atom. The lowest BCUT2D eigenvalue weighted by molar-refractivity contribution is -0.384. The number of aryl methyl sites for hydroxylation is 1. The number of nitrogens with one attached hydrogen (secondary N) is 2. The first-order valence-corrected chi connectivity index (χ1v) is 9.80. The van der Waals surface area contributed by atoms with Gasteiger partial charge < -0.3 is 16.4 Å². The Hall–Kier alpha value is -2.74. The third kappa shape index (κ3) is 5.16. The molecule has 0 saturated heterocycles. The van der Waals surface area contributed by atoms with Crippen LogP contribution in [0.3, 0.4) is 0 Å². The molecule has 4 N–H and O–H groups in total. The van der Waals surface area contributed by atoms with Crippen molar-refractivity contribution < 1.29 is 4.92 Å². The summed E-state index contributed by atoms with van der Waals surface area (Å²) in [6, 6.07) is 8.04. The number of hydrogen-bond donors (Lipinski definition) is 3. The summed E-state index contributed by atoms with van der Waals surface area (Å²) in [6.45, 7) is 4.02. The van der Waals surface area contributed by atoms with Crippen molar-refractivity contribution in [1.82, 2.24) is 9.97 Å². The van der Waals surface area contributed by atoms with Crippen LogP contribution in [0, 0.1) is 28.9 Å². The van der Waals surface area contributed by atoms with Gasteiger partial charge in [0, 0.05) is 13.1 Å². The highest BCUT2D eigenvalue weighted by Gasteiger charge is 2.22. The van der Waals surface area contributed by atoms with Crippen molar-refractivity contribution in [2.45, 2.75) is 39.2 Å². The zero-order valence-electron chi connectivity index (χ0n) is 16.2. The van der Waals surface area contributed by atoms with Crippen LogP contribution < -0.4 is 16.4 Å². The van der Waals surface area contributed by atoms with Crippen LogP contribution in [0.25, 0.3) is 0 Å². The molecule has 0 spiro atoms. The van der Waals surface area contributed by atoms with Gasteiger partial charge in [-0.25, -0.2) is 4.98 Å². The first-order chi connectivity index (χ1) is 13.6. The van der Waals surface area contributed by atoms with Crippen LogP contribution in [0.2, 0.25) is 0 Å². The second-order valence-corrected chi connectivity index (χ2v) is 7.47. The maximum Gasteiger partial charge on any atom is 0.329 e. The minimum Gasteiger partial charge on any atom is -0.364 e. The summed E-state index contributed by atoms with van der Waals surface area (Å²) in [6.07, 6.45) is 5.69. The summed E-state index contributed by atoms with van der Waals surface area (Å²) in [5.74, 6) is 1.75. The van der Waals surface area contributed by atoms with E-state index in [-0.39, 0.29) is 11.5 Å². The van der Waals surface area contributed by atoms with Crippen molar-refractivity contribution in [3.8, 4) is 0 Å². The molecule has 1 aliphatic rings. The molecule has 1 saturated carbocycles. The number of nitrogens with two attached hydrogens (primary N) is 1. The molecular weight excluding hydrogens is 356 g/mol. The fraction of sp³-hybridized carbons (Fsp3) is 0.500. The van der Waals surface area contributed by atoms with Gasteiger partial charge in [-0.15, -0.1) is 0 Å². The number of nitrogens with zero attached hydrogens (tertiary/aromatic N) is 3. The predicted molar refractivity (Wildman–Crippen MR) is 110 cm³/mol. The predicted octanol–water partition coefficient (Wildman–Crippen LogP) is 3.48. The fourth-order valence-electron chi connectivity index (χ4n) is 3.62. The Morgan fingerprint density at radius 3 is 2.57 bits per heavy atom. The number of aromatic nitrogens is 2. The van der Waals surface area contributed by atoms with Crippen molar-refractivity contribution in [1.29, 1.82) is 0 Å². The molecule has 28 heavy (non-hydrogen) atoms. The van der Waals surface area contributed by atoms with Crippen molar-refractivity contribution in [3.63, 3.8) is 0 Å². The summed E-state index contributed by atoms with van der Waals surface area (Å²) in [7, 11) is 0. The summed E-state index contributed by atoms with van der Waals surface area (Å²) < 4.78 is 0. The second-order valence-electron chi connectivity index (χ2n) is 7.47. The Labute approximate surface area is 165 Å². The average Bonchev–Trinajstić information content (AvgIpc) is 2.72. The van der Waals surface area contributed by atoms with Gasteiger partial charge in [-0.05, 0) is 62.1 Å². The molecule has 0 unspecified atom stereocenters. The van der Waals surface area contributed by atoms with Crippen molar-refractivity contribution in [2.75, 3.05) is 23.7 Å². The highest BCUT2D eigenvalue weighted by molar-refractivity contribution is 5.57. The molecule has 0 radical (unpaired) electrons. The van der Waals surface area contributed by atoms with E-state index in [0.717, 1.165) is 37.8 Å². The first-order valence-electron chi connectivity index (χ1n) is 9.80. The molecule has 0 aliphatic heterocycles. The maximum absolute atomic E-state index is 11.3. The van der Waals surface area contributed by atoms with Gasteiger partial charge in [-0.3, -0.25) is 10.1 Å². The molecule has 0 amide bonds. The molecule has 1 aromatic carbocycles. The van der Waals surface area contributed by atoms with Crippen molar-refractivity contribution in [2.24, 2.45) is 17.6 Å². The van der Waals surface area contributed by atoms with E-state index in [0.29, 0.717) is 30.9 Å². The molecule has 1 heterocycles. The maximum atomic E-state index is 11.3. The van der Waals surface area contributed by atoms with Crippen molar-refractivity contribution >= 4 is 17.5 Å². The Kier molecular flexibility index (Phi) is 6.76. The van der Waals surface area contributed by atoms with Crippen LogP contribution in [-0.2, 0) is 6.54 Å². The number of hydrogen-bond acceptors (Lipinski definition) is 7. The van der Waals surface area contributed by atoms with Crippen LogP contribution in [0.1, 0.15) is 36.8 Å². The van der Waals surface area contributed by atoms with Gasteiger partial charge in [0.05, 0.1) is 4.92 Å². The van der Waals surface area contributed by atoms with Crippen molar-refractivity contribution in [3.05, 3.63) is 51.7 Å². The number of rotatable bonds is 8. The third-order valence-corrected chi connectivity index (χ3v) is 5.52. The molecular formula is C20H28N6O2. The number of benzene rings is 1. The van der Waals surface area contributed by atoms with Crippen LogP contribution in [0.15, 0.2) is 30.5 Å². The van der Waals surface area contributed by atoms with E-state index in [2.05, 4.69) is 20.6 Å². The number of nitro groups is 1. The fourth-order valence-corrected chi connectivity index (χ4v) is 3.62. The standard InChI is InChI=1S/C20H28N6O2/c1-14-4-2-3-5-17(14)12-23-20-24-13-18(26(27)28)19(25-20)22-11-16-8-6-15(10-21)7-9-16/h2-5,13,15-16H,6-12,21H2,1H3,(H2,22,23,24,25). The second kappa shape index (κ2) is 9.45. The van der Waals surface area contributed by atoms with E-state index >= 15 is 0 Å². The zero-order valence-corrected chi connectivity index (χ0v) is 16.2. The molecule has 150 valence electrons. The van der Waals surface area contributed by atoms with Crippen LogP contribution in [0.4, 0.5) is 17.5 Å². The molecule has 8 heteroatoms. The molecule has 0 bridgehead atoms. The third-order valence-electron chi connectivity index (χ3n) is 5.52. The van der Waals surface area contributed by atoms with Gasteiger partial charge in [0.1, 0.15) is 6.20 Å². The van der Waals surface area contributed by atoms with Crippen LogP contribution in [0.5, 0.6) is 0 Å². The van der Waals surface area contributed by atoms with Crippen LogP contribution >= 0.6 is 0 Å². The summed E-state index contributed by atoms with van der Waals surface area (Å²) in [5.41, 5.74) is 7.95. The van der Waals surface area contributed by atoms with Gasteiger partial charge in [0.25, 0.3) is 0 Å². The first kappa shape index (κ1) is 20.0. The monoisotopic (exact) mass is 384 g/mol. The molecule has 2 aromatic rings. The summed E-state index contributed by atoms with van der Waals surface area (Å²) in [5, 5.41) is 17.7. The lowest BCUT2D eigenvalue weighted by Crippen LogP contribution is -2.25. The summed E-state index contributed by atoms with van der Waals surface area (Å²) >= 11 is 0. The topological polar surface area (TPSA) is 119 Å². The molecule has 8 nitrogen and oxygen atoms in total. The average molecular weight is 384 g/mol. The zero-order chi connectivity index (χ0) is 19.9. The number of anilines is 2. The molecule has 1 aromatic heterocycles. The van der Waals surface area contributed by atoms with E-state index in [1.807, 2.05) is 31.2 Å². The smallest absolute Gasteiger partial charge is 0.329 e. The van der Waals surface area contributed by atoms with E-state index < -0.39 is 4.92 Å². The van der Waals surface area contributed by atoms with Gasteiger partial charge in [-0.2, -0.15) is 4.98 Å². The quantitative estimate of drug-likeness (QED) is 0.471. The van der Waals surface area contributed by atoms with Crippen LogP contribution in [-0.4, -0.2) is 28.0 Å². The molecule has 1 fully saturated rings. The van der Waals surface area contributed by atoms with E-state index in [4.69, 9.17) is 5.73 Å². The minimum absolute atomic E-state index is 0.0999. The van der Waals surface area contributed by atoms with Gasteiger partial charge in [0.15, 0.2) is 0 Å². The van der Waals surface area contributed by atoms with Gasteiger partial charge in [-0.1, -0.05) is 24.3 Å². The molecule has 0 atom stereocenters. The summed E-state index contributed by atoms with van der Waals surface area (Å²) in [4.78, 5) is 19.4. The van der Waals surface area contributed by atoms with Gasteiger partial charge >= 0.3 is 5.69 Å². The minimum atomic E-state index is -0.446. The van der Waals surface area contributed by atoms with Gasteiger partial charge in [0.2, 0.25) is 11.8 Å². The molecule has 1 aliphatic carbocycles. The highest BCUT2D eigenvalue weighted by atomic mass is 16.6. The Morgan fingerprint density at radius 1 is 1.18 bits per heavy atom. The van der Waals surface area contributed by atoms with E-state index in [9.17, 15) is 10.1 Å².